The first kappa shape index (κ1) is 31.5. The van der Waals surface area contributed by atoms with Crippen LogP contribution in [-0.4, -0.2) is 69.4 Å². The highest BCUT2D eigenvalue weighted by Crippen LogP contribution is 2.30. The van der Waals surface area contributed by atoms with Crippen LogP contribution in [0.15, 0.2) is 85.2 Å². The minimum Gasteiger partial charge on any atom is -0.481 e. The van der Waals surface area contributed by atoms with Crippen molar-refractivity contribution in [3.05, 3.63) is 108 Å². The Morgan fingerprint density at radius 2 is 1.60 bits per heavy atom. The molecule has 0 radical (unpaired) electrons. The van der Waals surface area contributed by atoms with Crippen LogP contribution >= 0.6 is 0 Å². The molecule has 4 heterocycles. The van der Waals surface area contributed by atoms with E-state index in [-0.39, 0.29) is 17.4 Å². The van der Waals surface area contributed by atoms with Gasteiger partial charge in [0.15, 0.2) is 0 Å². The summed E-state index contributed by atoms with van der Waals surface area (Å²) in [5.74, 6) is 0.759. The largest absolute Gasteiger partial charge is 0.481 e. The molecule has 242 valence electrons. The third-order valence-electron chi connectivity index (χ3n) is 8.00. The maximum absolute atomic E-state index is 13.5. The fraction of sp³-hybridized carbons (Fsp3) is 0.235. The van der Waals surface area contributed by atoms with Crippen LogP contribution in [-0.2, 0) is 19.8 Å². The van der Waals surface area contributed by atoms with Crippen molar-refractivity contribution in [2.45, 2.75) is 12.7 Å². The van der Waals surface area contributed by atoms with E-state index in [2.05, 4.69) is 20.2 Å². The van der Waals surface area contributed by atoms with Gasteiger partial charge in [0.25, 0.3) is 11.8 Å². The Balaban J connectivity index is 1.05. The van der Waals surface area contributed by atoms with Gasteiger partial charge in [-0.05, 0) is 60.2 Å². The molecule has 10 nitrogen and oxygen atoms in total. The molecule has 1 fully saturated rings. The van der Waals surface area contributed by atoms with E-state index in [0.717, 1.165) is 60.4 Å². The number of nitrogens with one attached hydrogen (secondary N) is 1. The predicted octanol–water partition coefficient (Wildman–Crippen LogP) is 6.00. The van der Waals surface area contributed by atoms with Gasteiger partial charge in [-0.1, -0.05) is 6.07 Å². The first-order valence-electron chi connectivity index (χ1n) is 14.8. The number of fused-ring (bicyclic) bond motifs is 1. The maximum atomic E-state index is 13.5. The standard InChI is InChI=1S/C34H31F3N6O4/c1-41-28-10-9-27(47-31-12-8-26(20-39-31)40-32(44)23-4-6-25(7-5-23)34(35,36)37)17-24(28)18-29(41)33(45)43-15-13-42(14-16-43)21-22-3-11-30(46-2)38-19-22/h3-12,17-20H,13-16,21H2,1-2H3,(H,40,44). The van der Waals surface area contributed by atoms with Crippen molar-refractivity contribution in [1.82, 2.24) is 24.3 Å². The SMILES string of the molecule is COc1ccc(CN2CCN(C(=O)c3cc4cc(Oc5ccc(NC(=O)c6ccc(C(F)(F)F)cc6)cn5)ccc4n3C)CC2)cn1. The third-order valence-corrected chi connectivity index (χ3v) is 8.00. The number of aryl methyl sites for hydroxylation is 1. The van der Waals surface area contributed by atoms with Crippen LogP contribution in [0.3, 0.4) is 0 Å². The fourth-order valence-corrected chi connectivity index (χ4v) is 5.40. The lowest BCUT2D eigenvalue weighted by atomic mass is 10.1. The first-order chi connectivity index (χ1) is 22.6. The van der Waals surface area contributed by atoms with Crippen LogP contribution in [0.2, 0.25) is 0 Å². The second kappa shape index (κ2) is 13.1. The number of nitrogens with zero attached hydrogens (tertiary/aromatic N) is 5. The van der Waals surface area contributed by atoms with E-state index in [9.17, 15) is 22.8 Å². The van der Waals surface area contributed by atoms with E-state index in [1.807, 2.05) is 53.0 Å². The molecule has 47 heavy (non-hydrogen) atoms. The molecular formula is C34H31F3N6O4. The number of rotatable bonds is 8. The number of piperazine rings is 1. The van der Waals surface area contributed by atoms with Crippen LogP contribution in [0.4, 0.5) is 18.9 Å². The number of carbonyl (C=O) groups excluding carboxylic acids is 2. The number of methoxy groups -OCH3 is 1. The predicted molar refractivity (Wildman–Crippen MR) is 169 cm³/mol. The number of benzene rings is 2. The van der Waals surface area contributed by atoms with Gasteiger partial charge in [-0.3, -0.25) is 14.5 Å². The molecule has 0 saturated carbocycles. The monoisotopic (exact) mass is 644 g/mol. The second-order valence-electron chi connectivity index (χ2n) is 11.1. The Labute approximate surface area is 268 Å². The fourth-order valence-electron chi connectivity index (χ4n) is 5.40. The number of ether oxygens (including phenoxy) is 2. The Morgan fingerprint density at radius 3 is 2.23 bits per heavy atom. The van der Waals surface area contributed by atoms with Crippen LogP contribution < -0.4 is 14.8 Å². The summed E-state index contributed by atoms with van der Waals surface area (Å²) in [4.78, 5) is 38.6. The van der Waals surface area contributed by atoms with Gasteiger partial charge in [0, 0.05) is 74.6 Å². The van der Waals surface area contributed by atoms with Gasteiger partial charge in [-0.25, -0.2) is 9.97 Å². The molecule has 3 aromatic heterocycles. The van der Waals surface area contributed by atoms with Gasteiger partial charge in [0.2, 0.25) is 11.8 Å². The van der Waals surface area contributed by atoms with E-state index in [0.29, 0.717) is 36.1 Å². The highest BCUT2D eigenvalue weighted by atomic mass is 19.4. The lowest BCUT2D eigenvalue weighted by Crippen LogP contribution is -2.48. The Bertz CT molecular complexity index is 1880. The number of alkyl halides is 3. The van der Waals surface area contributed by atoms with Gasteiger partial charge in [-0.2, -0.15) is 13.2 Å². The van der Waals surface area contributed by atoms with Gasteiger partial charge in [0.1, 0.15) is 11.4 Å². The molecule has 1 aliphatic rings. The van der Waals surface area contributed by atoms with E-state index in [1.54, 1.807) is 25.3 Å². The lowest BCUT2D eigenvalue weighted by Gasteiger charge is -2.34. The second-order valence-corrected chi connectivity index (χ2v) is 11.1. The highest BCUT2D eigenvalue weighted by molar-refractivity contribution is 6.04. The number of aromatic nitrogens is 3. The van der Waals surface area contributed by atoms with E-state index < -0.39 is 17.6 Å². The van der Waals surface area contributed by atoms with Crippen molar-refractivity contribution in [2.75, 3.05) is 38.6 Å². The third kappa shape index (κ3) is 7.20. The van der Waals surface area contributed by atoms with Crippen molar-refractivity contribution in [2.24, 2.45) is 7.05 Å². The summed E-state index contributed by atoms with van der Waals surface area (Å²) in [6.45, 7) is 3.49. The molecule has 0 aliphatic carbocycles. The van der Waals surface area contributed by atoms with Gasteiger partial charge < -0.3 is 24.3 Å². The van der Waals surface area contributed by atoms with Crippen LogP contribution in [0.5, 0.6) is 17.5 Å². The molecule has 5 aromatic rings. The number of hydrogen-bond donors (Lipinski definition) is 1. The summed E-state index contributed by atoms with van der Waals surface area (Å²) in [6.07, 6.45) is -1.28. The quantitative estimate of drug-likeness (QED) is 0.221. The molecule has 0 atom stereocenters. The topological polar surface area (TPSA) is 102 Å². The number of halogens is 3. The lowest BCUT2D eigenvalue weighted by molar-refractivity contribution is -0.137. The summed E-state index contributed by atoms with van der Waals surface area (Å²) >= 11 is 0. The summed E-state index contributed by atoms with van der Waals surface area (Å²) in [5, 5.41) is 3.44. The van der Waals surface area contributed by atoms with E-state index in [4.69, 9.17) is 9.47 Å². The maximum Gasteiger partial charge on any atom is 0.416 e. The minimum absolute atomic E-state index is 0.0347. The molecule has 13 heteroatoms. The molecule has 1 N–H and O–H groups in total. The highest BCUT2D eigenvalue weighted by Gasteiger charge is 2.30. The summed E-state index contributed by atoms with van der Waals surface area (Å²) < 4.78 is 51.3. The van der Waals surface area contributed by atoms with Crippen LogP contribution in [0.25, 0.3) is 10.9 Å². The van der Waals surface area contributed by atoms with Gasteiger partial charge >= 0.3 is 6.18 Å². The average molecular weight is 645 g/mol. The van der Waals surface area contributed by atoms with E-state index >= 15 is 0 Å². The number of hydrogen-bond acceptors (Lipinski definition) is 7. The van der Waals surface area contributed by atoms with Crippen LogP contribution in [0, 0.1) is 0 Å². The number of carbonyl (C=O) groups is 2. The number of amides is 2. The molecule has 1 saturated heterocycles. The van der Waals surface area contributed by atoms with Crippen molar-refractivity contribution >= 4 is 28.4 Å². The molecular weight excluding hydrogens is 613 g/mol. The molecule has 0 spiro atoms. The zero-order valence-electron chi connectivity index (χ0n) is 25.6. The molecule has 6 rings (SSSR count). The first-order valence-corrected chi connectivity index (χ1v) is 14.8. The number of anilines is 1. The molecule has 0 bridgehead atoms. The Morgan fingerprint density at radius 1 is 0.872 bits per heavy atom. The zero-order valence-corrected chi connectivity index (χ0v) is 25.6. The molecule has 2 aromatic carbocycles. The average Bonchev–Trinajstić information content (AvgIpc) is 3.41. The van der Waals surface area contributed by atoms with Crippen molar-refractivity contribution in [3.63, 3.8) is 0 Å². The van der Waals surface area contributed by atoms with Gasteiger partial charge in [0.05, 0.1) is 24.6 Å². The smallest absolute Gasteiger partial charge is 0.416 e. The normalized spacial score (nSPS) is 13.9. The summed E-state index contributed by atoms with van der Waals surface area (Å²) in [6, 6.07) is 18.3. The van der Waals surface area contributed by atoms with Crippen molar-refractivity contribution in [3.8, 4) is 17.5 Å². The van der Waals surface area contributed by atoms with Crippen LogP contribution in [0.1, 0.15) is 32.0 Å². The summed E-state index contributed by atoms with van der Waals surface area (Å²) in [7, 11) is 3.45. The van der Waals surface area contributed by atoms with E-state index in [1.165, 1.54) is 6.20 Å². The zero-order chi connectivity index (χ0) is 33.1. The van der Waals surface area contributed by atoms with Gasteiger partial charge in [-0.15, -0.1) is 0 Å². The summed E-state index contributed by atoms with van der Waals surface area (Å²) in [5.41, 5.74) is 2.14. The van der Waals surface area contributed by atoms with Crippen molar-refractivity contribution < 1.29 is 32.2 Å². The Hall–Kier alpha value is -5.43. The van der Waals surface area contributed by atoms with Crippen molar-refractivity contribution in [1.29, 1.82) is 0 Å². The number of pyridine rings is 2. The molecule has 1 aliphatic heterocycles. The minimum atomic E-state index is -4.48. The Kier molecular flexibility index (Phi) is 8.81. The molecule has 0 unspecified atom stereocenters. The molecule has 2 amide bonds.